The van der Waals surface area contributed by atoms with Crippen LogP contribution in [0.25, 0.3) is 10.4 Å². The molecule has 2 aliphatic rings. The molecule has 2 unspecified atom stereocenters. The molecule has 12 heteroatoms. The molecule has 46 heavy (non-hydrogen) atoms. The van der Waals surface area contributed by atoms with Crippen molar-refractivity contribution in [3.05, 3.63) is 35.0 Å². The zero-order valence-electron chi connectivity index (χ0n) is 27.4. The number of aliphatic hydroxyl groups excluding tert-OH is 1. The minimum absolute atomic E-state index is 0.0523. The summed E-state index contributed by atoms with van der Waals surface area (Å²) in [6.07, 6.45) is 5.83. The number of aliphatic hydroxyl groups is 1. The lowest BCUT2D eigenvalue weighted by Crippen LogP contribution is -2.59. The molecule has 9 nitrogen and oxygen atoms in total. The maximum atomic E-state index is 14.5. The zero-order chi connectivity index (χ0) is 33.5. The van der Waals surface area contributed by atoms with Crippen molar-refractivity contribution in [2.24, 2.45) is 5.41 Å². The summed E-state index contributed by atoms with van der Waals surface area (Å²) >= 11 is 7.33. The number of likely N-dealkylation sites (tertiary alicyclic amines) is 1. The number of carbonyl (C=O) groups is 3. The second kappa shape index (κ2) is 15.9. The zero-order valence-corrected chi connectivity index (χ0v) is 28.9. The second-order valence-corrected chi connectivity index (χ2v) is 14.8. The van der Waals surface area contributed by atoms with Crippen molar-refractivity contribution in [1.82, 2.24) is 20.5 Å². The molecule has 1 saturated carbocycles. The minimum atomic E-state index is -1.94. The van der Waals surface area contributed by atoms with E-state index < -0.39 is 47.0 Å². The van der Waals surface area contributed by atoms with Gasteiger partial charge in [0.15, 0.2) is 5.67 Å². The van der Waals surface area contributed by atoms with Gasteiger partial charge in [-0.1, -0.05) is 58.6 Å². The Morgan fingerprint density at radius 3 is 2.50 bits per heavy atom. The first-order chi connectivity index (χ1) is 21.8. The number of ether oxygens (including phenoxy) is 1. The molecule has 0 bridgehead atoms. The molecule has 1 aromatic heterocycles. The average molecular weight is 679 g/mol. The Bertz CT molecular complexity index is 1360. The van der Waals surface area contributed by atoms with E-state index in [0.717, 1.165) is 60.2 Å². The molecule has 1 aliphatic carbocycles. The highest BCUT2D eigenvalue weighted by Crippen LogP contribution is 2.40. The van der Waals surface area contributed by atoms with Crippen molar-refractivity contribution < 1.29 is 28.6 Å². The summed E-state index contributed by atoms with van der Waals surface area (Å²) in [6, 6.07) is 3.89. The van der Waals surface area contributed by atoms with E-state index in [1.54, 1.807) is 32.1 Å². The van der Waals surface area contributed by atoms with E-state index in [2.05, 4.69) is 15.6 Å². The Labute approximate surface area is 280 Å². The number of thiazole rings is 1. The molecule has 4 rings (SSSR count). The summed E-state index contributed by atoms with van der Waals surface area (Å²) in [5.74, 6) is -0.374. The Hall–Kier alpha value is -2.76. The summed E-state index contributed by atoms with van der Waals surface area (Å²) in [7, 11) is 0. The molecule has 2 heterocycles. The quantitative estimate of drug-likeness (QED) is 0.155. The van der Waals surface area contributed by atoms with Crippen LogP contribution in [0.5, 0.6) is 5.75 Å². The summed E-state index contributed by atoms with van der Waals surface area (Å²) in [5.41, 5.74) is 1.82. The molecular formula is C34H48ClFN4O5S. The van der Waals surface area contributed by atoms with Gasteiger partial charge in [0.25, 0.3) is 5.91 Å². The van der Waals surface area contributed by atoms with Crippen LogP contribution in [0.3, 0.4) is 0 Å². The number of carbonyl (C=O) groups excluding carboxylic acids is 3. The fourth-order valence-electron chi connectivity index (χ4n) is 5.66. The molecule has 2 fully saturated rings. The fourth-order valence-corrected chi connectivity index (χ4v) is 6.65. The van der Waals surface area contributed by atoms with Crippen LogP contribution in [0.4, 0.5) is 4.39 Å². The summed E-state index contributed by atoms with van der Waals surface area (Å²) < 4.78 is 20.7. The van der Waals surface area contributed by atoms with Gasteiger partial charge in [0, 0.05) is 31.0 Å². The first-order valence-electron chi connectivity index (χ1n) is 16.3. The second-order valence-electron chi connectivity index (χ2n) is 13.6. The van der Waals surface area contributed by atoms with Crippen molar-refractivity contribution in [2.45, 2.75) is 116 Å². The number of benzene rings is 1. The SMILES string of the molecule is Cc1ncsc1-c1ccc(CNC(=O)C2CC(O)CN2C(=O)[C@@H](NC(=O)C2(F)CC2)C(C)(C)C)c(OCCCCCCCCCl)c1. The Balaban J connectivity index is 1.43. The number of unbranched alkanes of at least 4 members (excludes halogenated alkanes) is 5. The van der Waals surface area contributed by atoms with Crippen molar-refractivity contribution >= 4 is 40.7 Å². The van der Waals surface area contributed by atoms with E-state index in [-0.39, 0.29) is 32.4 Å². The number of rotatable bonds is 16. The number of aromatic nitrogens is 1. The third-order valence-electron chi connectivity index (χ3n) is 8.66. The normalized spacial score (nSPS) is 19.5. The molecule has 3 amide bonds. The maximum absolute atomic E-state index is 14.5. The third kappa shape index (κ3) is 9.41. The van der Waals surface area contributed by atoms with Crippen LogP contribution in [-0.4, -0.2) is 75.6 Å². The lowest BCUT2D eigenvalue weighted by molar-refractivity contribution is -0.145. The highest BCUT2D eigenvalue weighted by atomic mass is 35.5. The number of aryl methyl sites for hydroxylation is 1. The summed E-state index contributed by atoms with van der Waals surface area (Å²) in [6.45, 7) is 7.93. The van der Waals surface area contributed by atoms with E-state index >= 15 is 0 Å². The van der Waals surface area contributed by atoms with Gasteiger partial charge in [-0.3, -0.25) is 14.4 Å². The molecule has 1 saturated heterocycles. The lowest BCUT2D eigenvalue weighted by atomic mass is 9.85. The number of nitrogens with one attached hydrogen (secondary N) is 2. The van der Waals surface area contributed by atoms with Gasteiger partial charge in [-0.15, -0.1) is 22.9 Å². The average Bonchev–Trinajstić information content (AvgIpc) is 3.42. The van der Waals surface area contributed by atoms with Gasteiger partial charge in [-0.2, -0.15) is 0 Å². The van der Waals surface area contributed by atoms with Gasteiger partial charge in [0.2, 0.25) is 11.8 Å². The van der Waals surface area contributed by atoms with E-state index in [9.17, 15) is 23.9 Å². The Morgan fingerprint density at radius 1 is 1.17 bits per heavy atom. The van der Waals surface area contributed by atoms with Crippen molar-refractivity contribution in [3.8, 4) is 16.2 Å². The summed E-state index contributed by atoms with van der Waals surface area (Å²) in [5, 5.41) is 16.0. The number of amides is 3. The van der Waals surface area contributed by atoms with Gasteiger partial charge in [-0.05, 0) is 49.7 Å². The predicted octanol–water partition coefficient (Wildman–Crippen LogP) is 5.69. The number of hydrogen-bond donors (Lipinski definition) is 3. The largest absolute Gasteiger partial charge is 0.493 e. The Kier molecular flexibility index (Phi) is 12.5. The highest BCUT2D eigenvalue weighted by Gasteiger charge is 2.53. The number of halogens is 2. The fraction of sp³-hybridized carbons (Fsp3) is 0.647. The van der Waals surface area contributed by atoms with E-state index in [1.165, 1.54) is 4.90 Å². The van der Waals surface area contributed by atoms with Crippen molar-refractivity contribution in [1.29, 1.82) is 0 Å². The molecule has 0 spiro atoms. The van der Waals surface area contributed by atoms with Crippen molar-refractivity contribution in [2.75, 3.05) is 19.0 Å². The smallest absolute Gasteiger partial charge is 0.258 e. The molecular weight excluding hydrogens is 631 g/mol. The summed E-state index contributed by atoms with van der Waals surface area (Å²) in [4.78, 5) is 46.6. The highest BCUT2D eigenvalue weighted by molar-refractivity contribution is 7.13. The van der Waals surface area contributed by atoms with Crippen LogP contribution in [0.15, 0.2) is 23.7 Å². The van der Waals surface area contributed by atoms with Gasteiger partial charge in [0.1, 0.15) is 17.8 Å². The first kappa shape index (κ1) is 36.1. The molecule has 2 aromatic rings. The van der Waals surface area contributed by atoms with Crippen LogP contribution in [0.1, 0.15) is 89.8 Å². The molecule has 1 aliphatic heterocycles. The Morgan fingerprint density at radius 2 is 1.87 bits per heavy atom. The van der Waals surface area contributed by atoms with Gasteiger partial charge < -0.3 is 25.4 Å². The minimum Gasteiger partial charge on any atom is -0.493 e. The van der Waals surface area contributed by atoms with E-state index in [0.29, 0.717) is 18.2 Å². The van der Waals surface area contributed by atoms with Crippen LogP contribution >= 0.6 is 22.9 Å². The standard InChI is InChI=1S/C34H48ClFN4O5S/c1-22-28(46-21-38-22)23-11-12-24(27(17-23)45-16-10-8-6-5-7-9-15-35)19-37-30(42)26-18-25(41)20-40(26)31(43)29(33(2,3)4)39-32(44)34(36)13-14-34/h11-12,17,21,25-26,29,41H,5-10,13-16,18-20H2,1-4H3,(H,37,42)(H,39,44)/t25?,26?,29-/m1/s1. The van der Waals surface area contributed by atoms with Gasteiger partial charge in [0.05, 0.1) is 28.8 Å². The maximum Gasteiger partial charge on any atom is 0.258 e. The van der Waals surface area contributed by atoms with Gasteiger partial charge >= 0.3 is 0 Å². The molecule has 254 valence electrons. The monoisotopic (exact) mass is 678 g/mol. The molecule has 3 N–H and O–H groups in total. The predicted molar refractivity (Wildman–Crippen MR) is 179 cm³/mol. The third-order valence-corrected chi connectivity index (χ3v) is 9.91. The first-order valence-corrected chi connectivity index (χ1v) is 17.7. The number of β-amino-alcohol motifs (C(OH)–C–C–N with tert-alkyl or cyclic N) is 1. The molecule has 3 atom stereocenters. The number of alkyl halides is 2. The van der Waals surface area contributed by atoms with Crippen LogP contribution < -0.4 is 15.4 Å². The van der Waals surface area contributed by atoms with Crippen LogP contribution in [0.2, 0.25) is 0 Å². The molecule has 0 radical (unpaired) electrons. The van der Waals surface area contributed by atoms with E-state index in [1.807, 2.05) is 30.6 Å². The molecule has 1 aromatic carbocycles. The number of nitrogens with zero attached hydrogens (tertiary/aromatic N) is 2. The van der Waals surface area contributed by atoms with Gasteiger partial charge in [-0.25, -0.2) is 9.37 Å². The number of hydrogen-bond acceptors (Lipinski definition) is 7. The van der Waals surface area contributed by atoms with Crippen LogP contribution in [-0.2, 0) is 20.9 Å². The lowest BCUT2D eigenvalue weighted by Gasteiger charge is -2.35. The van der Waals surface area contributed by atoms with E-state index in [4.69, 9.17) is 16.3 Å². The van der Waals surface area contributed by atoms with Crippen LogP contribution in [0, 0.1) is 12.3 Å². The topological polar surface area (TPSA) is 121 Å². The van der Waals surface area contributed by atoms with Crippen molar-refractivity contribution in [3.63, 3.8) is 0 Å².